The first-order valence-electron chi connectivity index (χ1n) is 12.2. The minimum absolute atomic E-state index is 0.0148. The van der Waals surface area contributed by atoms with Gasteiger partial charge in [-0.05, 0) is 37.0 Å². The second-order valence-corrected chi connectivity index (χ2v) is 9.41. The number of hydrogen-bond acceptors (Lipinski definition) is 11. The number of ether oxygens (including phenoxy) is 5. The highest BCUT2D eigenvalue weighted by Crippen LogP contribution is 2.42. The second kappa shape index (κ2) is 10.8. The molecule has 0 saturated carbocycles. The molecule has 2 aromatic carbocycles. The lowest BCUT2D eigenvalue weighted by Gasteiger charge is -2.40. The van der Waals surface area contributed by atoms with Gasteiger partial charge in [-0.15, -0.1) is 0 Å². The van der Waals surface area contributed by atoms with Crippen molar-refractivity contribution in [3.8, 4) is 23.0 Å². The third kappa shape index (κ3) is 5.52. The molecule has 2 aromatic rings. The Bertz CT molecular complexity index is 1100. The van der Waals surface area contributed by atoms with Crippen LogP contribution >= 0.6 is 0 Å². The quantitative estimate of drug-likeness (QED) is 0.377. The van der Waals surface area contributed by atoms with Gasteiger partial charge in [0.15, 0.2) is 12.1 Å². The molecule has 11 nitrogen and oxygen atoms in total. The van der Waals surface area contributed by atoms with Crippen molar-refractivity contribution in [2.24, 2.45) is 0 Å². The molecule has 3 heterocycles. The standard InChI is InChI=1S/C26H30O11/c27-12-15-5-6-20(37-26-24(32)17(29)7-8-33-26)25(34-15)35-16-9-18(30)23-19(31)11-21(36-22(23)10-16)13-1-3-14(28)4-2-13/h1-4,9-10,15,17,20-21,24-30,32H,5-8,11-12H2/t15?,17?,20-,21?,24?,25?,26?/m0/s1. The van der Waals surface area contributed by atoms with Gasteiger partial charge in [0, 0.05) is 12.1 Å². The van der Waals surface area contributed by atoms with E-state index in [1.54, 1.807) is 12.1 Å². The van der Waals surface area contributed by atoms with Gasteiger partial charge < -0.3 is 49.2 Å². The first-order valence-corrected chi connectivity index (χ1v) is 12.2. The van der Waals surface area contributed by atoms with E-state index in [1.807, 2.05) is 0 Å². The Hall–Kier alpha value is -2.93. The second-order valence-electron chi connectivity index (χ2n) is 9.41. The fourth-order valence-corrected chi connectivity index (χ4v) is 4.74. The van der Waals surface area contributed by atoms with E-state index in [9.17, 15) is 30.3 Å². The number of carbonyl (C=O) groups excluding carboxylic acids is 1. The molecule has 2 saturated heterocycles. The number of hydrogen-bond donors (Lipinski definition) is 5. The third-order valence-electron chi connectivity index (χ3n) is 6.78. The topological polar surface area (TPSA) is 164 Å². The first kappa shape index (κ1) is 25.7. The Morgan fingerprint density at radius 1 is 1.00 bits per heavy atom. The molecule has 2 fully saturated rings. The highest BCUT2D eigenvalue weighted by atomic mass is 16.7. The van der Waals surface area contributed by atoms with Gasteiger partial charge in [-0.3, -0.25) is 4.79 Å². The molecule has 11 heteroatoms. The average Bonchev–Trinajstić information content (AvgIpc) is 2.87. The Kier molecular flexibility index (Phi) is 7.52. The number of aliphatic hydroxyl groups is 3. The number of fused-ring (bicyclic) bond motifs is 1. The zero-order valence-corrected chi connectivity index (χ0v) is 19.9. The maximum Gasteiger partial charge on any atom is 0.226 e. The molecular weight excluding hydrogens is 488 g/mol. The molecule has 0 aliphatic carbocycles. The van der Waals surface area contributed by atoms with Crippen LogP contribution in [0.5, 0.6) is 23.0 Å². The van der Waals surface area contributed by atoms with Gasteiger partial charge >= 0.3 is 0 Å². The minimum atomic E-state index is -1.24. The zero-order valence-electron chi connectivity index (χ0n) is 19.9. The highest BCUT2D eigenvalue weighted by Gasteiger charge is 2.40. The number of carbonyl (C=O) groups is 1. The van der Waals surface area contributed by atoms with E-state index >= 15 is 0 Å². The van der Waals surface area contributed by atoms with Gasteiger partial charge in [-0.25, -0.2) is 0 Å². The van der Waals surface area contributed by atoms with Crippen molar-refractivity contribution in [2.75, 3.05) is 13.2 Å². The fourth-order valence-electron chi connectivity index (χ4n) is 4.74. The number of phenols is 2. The van der Waals surface area contributed by atoms with Crippen LogP contribution in [0.2, 0.25) is 0 Å². The first-order chi connectivity index (χ1) is 17.8. The van der Waals surface area contributed by atoms with E-state index in [-0.39, 0.29) is 60.4 Å². The van der Waals surface area contributed by atoms with Crippen LogP contribution in [-0.4, -0.2) is 81.5 Å². The molecule has 0 amide bonds. The summed E-state index contributed by atoms with van der Waals surface area (Å²) in [6, 6.07) is 9.06. The Labute approximate surface area is 212 Å². The Balaban J connectivity index is 1.36. The lowest BCUT2D eigenvalue weighted by molar-refractivity contribution is -0.303. The summed E-state index contributed by atoms with van der Waals surface area (Å²) in [6.45, 7) is -0.0251. The van der Waals surface area contributed by atoms with Gasteiger partial charge in [0.05, 0.1) is 31.8 Å². The molecule has 7 atom stereocenters. The summed E-state index contributed by atoms with van der Waals surface area (Å²) in [5.74, 6) is -0.266. The smallest absolute Gasteiger partial charge is 0.226 e. The lowest BCUT2D eigenvalue weighted by atomic mass is 9.95. The van der Waals surface area contributed by atoms with Crippen molar-refractivity contribution in [1.29, 1.82) is 0 Å². The van der Waals surface area contributed by atoms with Crippen molar-refractivity contribution in [3.63, 3.8) is 0 Å². The van der Waals surface area contributed by atoms with E-state index in [4.69, 9.17) is 23.7 Å². The molecule has 5 rings (SSSR count). The van der Waals surface area contributed by atoms with Crippen LogP contribution in [0.25, 0.3) is 0 Å². The molecule has 0 radical (unpaired) electrons. The molecule has 200 valence electrons. The monoisotopic (exact) mass is 518 g/mol. The molecular formula is C26H30O11. The SMILES string of the molecule is O=C1CC(c2ccc(O)cc2)Oc2cc(OC3OC(CO)CC[C@@H]3OC3OCCC(O)C3O)cc(O)c21. The molecule has 6 unspecified atom stereocenters. The lowest BCUT2D eigenvalue weighted by Crippen LogP contribution is -2.52. The van der Waals surface area contributed by atoms with E-state index in [2.05, 4.69) is 0 Å². The summed E-state index contributed by atoms with van der Waals surface area (Å²) in [5, 5.41) is 50.0. The zero-order chi connectivity index (χ0) is 26.1. The number of aromatic hydroxyl groups is 2. The van der Waals surface area contributed by atoms with Crippen LogP contribution in [0.15, 0.2) is 36.4 Å². The summed E-state index contributed by atoms with van der Waals surface area (Å²) in [5.41, 5.74) is 0.728. The predicted molar refractivity (Wildman–Crippen MR) is 125 cm³/mol. The van der Waals surface area contributed by atoms with Gasteiger partial charge in [0.1, 0.15) is 46.9 Å². The van der Waals surface area contributed by atoms with Gasteiger partial charge in [0.2, 0.25) is 6.29 Å². The van der Waals surface area contributed by atoms with Crippen LogP contribution in [0.1, 0.15) is 47.7 Å². The molecule has 0 bridgehead atoms. The Morgan fingerprint density at radius 3 is 2.54 bits per heavy atom. The highest BCUT2D eigenvalue weighted by molar-refractivity contribution is 6.02. The summed E-state index contributed by atoms with van der Waals surface area (Å²) in [6.07, 6.45) is -5.05. The summed E-state index contributed by atoms with van der Waals surface area (Å²) in [7, 11) is 0. The van der Waals surface area contributed by atoms with Crippen LogP contribution < -0.4 is 9.47 Å². The van der Waals surface area contributed by atoms with Crippen LogP contribution in [0.3, 0.4) is 0 Å². The summed E-state index contributed by atoms with van der Waals surface area (Å²) >= 11 is 0. The van der Waals surface area contributed by atoms with Crippen LogP contribution in [-0.2, 0) is 14.2 Å². The summed E-state index contributed by atoms with van der Waals surface area (Å²) in [4.78, 5) is 12.8. The predicted octanol–water partition coefficient (Wildman–Crippen LogP) is 1.53. The number of phenolic OH excluding ortho intramolecular Hbond substituents is 2. The number of Topliss-reactive ketones (excluding diaryl/α,β-unsaturated/α-hetero) is 1. The van der Waals surface area contributed by atoms with Crippen LogP contribution in [0, 0.1) is 0 Å². The molecule has 3 aliphatic heterocycles. The average molecular weight is 519 g/mol. The maximum absolute atomic E-state index is 12.8. The largest absolute Gasteiger partial charge is 0.508 e. The van der Waals surface area contributed by atoms with E-state index in [0.29, 0.717) is 18.4 Å². The maximum atomic E-state index is 12.8. The molecule has 3 aliphatic rings. The van der Waals surface area contributed by atoms with Gasteiger partial charge in [0.25, 0.3) is 0 Å². The third-order valence-corrected chi connectivity index (χ3v) is 6.78. The van der Waals surface area contributed by atoms with E-state index < -0.39 is 43.1 Å². The van der Waals surface area contributed by atoms with Crippen molar-refractivity contribution in [1.82, 2.24) is 0 Å². The molecule has 37 heavy (non-hydrogen) atoms. The van der Waals surface area contributed by atoms with Crippen molar-refractivity contribution in [2.45, 2.75) is 68.8 Å². The van der Waals surface area contributed by atoms with Crippen LogP contribution in [0.4, 0.5) is 0 Å². The molecule has 0 spiro atoms. The van der Waals surface area contributed by atoms with Crippen molar-refractivity contribution >= 4 is 5.78 Å². The summed E-state index contributed by atoms with van der Waals surface area (Å²) < 4.78 is 29.3. The van der Waals surface area contributed by atoms with Gasteiger partial charge in [-0.2, -0.15) is 0 Å². The Morgan fingerprint density at radius 2 is 1.78 bits per heavy atom. The molecule has 0 aromatic heterocycles. The van der Waals surface area contributed by atoms with E-state index in [1.165, 1.54) is 24.3 Å². The number of ketones is 1. The number of benzene rings is 2. The van der Waals surface area contributed by atoms with Crippen molar-refractivity contribution < 1.29 is 54.0 Å². The van der Waals surface area contributed by atoms with Gasteiger partial charge in [-0.1, -0.05) is 12.1 Å². The molecule has 5 N–H and O–H groups in total. The van der Waals surface area contributed by atoms with E-state index in [0.717, 1.165) is 0 Å². The van der Waals surface area contributed by atoms with Crippen molar-refractivity contribution in [3.05, 3.63) is 47.5 Å². The number of rotatable bonds is 6. The fraction of sp³-hybridized carbons (Fsp3) is 0.500. The minimum Gasteiger partial charge on any atom is -0.508 e. The normalized spacial score (nSPS) is 31.9. The number of aliphatic hydroxyl groups excluding tert-OH is 3.